The zero-order valence-electron chi connectivity index (χ0n) is 10.7. The third-order valence-electron chi connectivity index (χ3n) is 2.68. The van der Waals surface area contributed by atoms with Crippen molar-refractivity contribution in [1.82, 2.24) is 10.1 Å². The number of ether oxygens (including phenoxy) is 3. The molecule has 0 fully saturated rings. The highest BCUT2D eigenvalue weighted by Crippen LogP contribution is 2.31. The number of fused-ring (bicyclic) bond motifs is 1. The number of nitrogens with zero attached hydrogens (tertiary/aromatic N) is 2. The largest absolute Gasteiger partial charge is 0.485 e. The predicted molar refractivity (Wildman–Crippen MR) is 65.2 cm³/mol. The van der Waals surface area contributed by atoms with Crippen molar-refractivity contribution < 1.29 is 23.5 Å². The van der Waals surface area contributed by atoms with Gasteiger partial charge in [0, 0.05) is 0 Å². The van der Waals surface area contributed by atoms with E-state index in [4.69, 9.17) is 18.7 Å². The first-order valence-electron chi connectivity index (χ1n) is 6.06. The monoisotopic (exact) mass is 276 g/mol. The zero-order chi connectivity index (χ0) is 13.9. The number of para-hydroxylation sites is 2. The van der Waals surface area contributed by atoms with Crippen LogP contribution in [0.1, 0.15) is 11.7 Å². The lowest BCUT2D eigenvalue weighted by Crippen LogP contribution is -2.37. The molecule has 0 N–H and O–H groups in total. The summed E-state index contributed by atoms with van der Waals surface area (Å²) in [6, 6.07) is 7.14. The van der Waals surface area contributed by atoms with E-state index in [9.17, 15) is 4.79 Å². The molecular formula is C13H12N2O5. The standard InChI is InChI=1S/C13H12N2O5/c1-8-14-12(20-15-8)7-18-13(16)11-6-17-9-4-2-3-5-10(9)19-11/h2-5,11H,6-7H2,1H3/t11-/m0/s1. The second-order valence-electron chi connectivity index (χ2n) is 4.21. The minimum Gasteiger partial charge on any atom is -0.485 e. The van der Waals surface area contributed by atoms with Crippen molar-refractivity contribution in [3.63, 3.8) is 0 Å². The summed E-state index contributed by atoms with van der Waals surface area (Å²) in [5.41, 5.74) is 0. The van der Waals surface area contributed by atoms with Crippen molar-refractivity contribution in [3.05, 3.63) is 36.0 Å². The Morgan fingerprint density at radius 3 is 2.95 bits per heavy atom. The number of hydrogen-bond donors (Lipinski definition) is 0. The fourth-order valence-corrected chi connectivity index (χ4v) is 1.76. The van der Waals surface area contributed by atoms with Gasteiger partial charge in [-0.25, -0.2) is 4.79 Å². The van der Waals surface area contributed by atoms with E-state index in [1.54, 1.807) is 25.1 Å². The molecule has 0 radical (unpaired) electrons. The smallest absolute Gasteiger partial charge is 0.351 e. The van der Waals surface area contributed by atoms with Crippen LogP contribution in [0.5, 0.6) is 11.5 Å². The molecule has 0 unspecified atom stereocenters. The van der Waals surface area contributed by atoms with Gasteiger partial charge in [0.1, 0.15) is 6.61 Å². The molecule has 0 aliphatic carbocycles. The highest BCUT2D eigenvalue weighted by Gasteiger charge is 2.29. The van der Waals surface area contributed by atoms with Crippen LogP contribution in [0.2, 0.25) is 0 Å². The number of hydrogen-bond acceptors (Lipinski definition) is 7. The third-order valence-corrected chi connectivity index (χ3v) is 2.68. The minimum absolute atomic E-state index is 0.0822. The molecule has 1 aliphatic rings. The normalized spacial score (nSPS) is 16.8. The molecule has 0 amide bonds. The van der Waals surface area contributed by atoms with Crippen LogP contribution < -0.4 is 9.47 Å². The van der Waals surface area contributed by atoms with Gasteiger partial charge in [-0.15, -0.1) is 0 Å². The third kappa shape index (κ3) is 2.56. The van der Waals surface area contributed by atoms with E-state index in [0.717, 1.165) is 0 Å². The summed E-state index contributed by atoms with van der Waals surface area (Å²) < 4.78 is 20.9. The summed E-state index contributed by atoms with van der Waals surface area (Å²) in [6.07, 6.45) is -0.797. The van der Waals surface area contributed by atoms with E-state index in [-0.39, 0.29) is 19.1 Å². The van der Waals surface area contributed by atoms with Gasteiger partial charge in [-0.1, -0.05) is 17.3 Å². The van der Waals surface area contributed by atoms with Crippen molar-refractivity contribution in [1.29, 1.82) is 0 Å². The number of rotatable bonds is 3. The second-order valence-corrected chi connectivity index (χ2v) is 4.21. The lowest BCUT2D eigenvalue weighted by Gasteiger charge is -2.24. The number of aromatic nitrogens is 2. The molecule has 0 saturated carbocycles. The van der Waals surface area contributed by atoms with Crippen LogP contribution in [0.4, 0.5) is 0 Å². The fraction of sp³-hybridized carbons (Fsp3) is 0.308. The molecule has 3 rings (SSSR count). The van der Waals surface area contributed by atoms with Crippen molar-refractivity contribution in [3.8, 4) is 11.5 Å². The van der Waals surface area contributed by atoms with E-state index in [2.05, 4.69) is 10.1 Å². The lowest BCUT2D eigenvalue weighted by atomic mass is 10.2. The molecule has 2 heterocycles. The number of carbonyl (C=O) groups excluding carboxylic acids is 1. The Kier molecular flexibility index (Phi) is 3.24. The van der Waals surface area contributed by atoms with Gasteiger partial charge in [-0.05, 0) is 19.1 Å². The van der Waals surface area contributed by atoms with Crippen molar-refractivity contribution >= 4 is 5.97 Å². The van der Waals surface area contributed by atoms with E-state index < -0.39 is 12.1 Å². The highest BCUT2D eigenvalue weighted by molar-refractivity contribution is 5.75. The maximum atomic E-state index is 11.9. The Morgan fingerprint density at radius 1 is 1.40 bits per heavy atom. The summed E-state index contributed by atoms with van der Waals surface area (Å²) in [4.78, 5) is 15.8. The molecule has 0 spiro atoms. The molecule has 0 bridgehead atoms. The van der Waals surface area contributed by atoms with Crippen LogP contribution >= 0.6 is 0 Å². The fourth-order valence-electron chi connectivity index (χ4n) is 1.76. The van der Waals surface area contributed by atoms with Gasteiger partial charge >= 0.3 is 5.97 Å². The van der Waals surface area contributed by atoms with Gasteiger partial charge in [-0.2, -0.15) is 4.98 Å². The highest BCUT2D eigenvalue weighted by atomic mass is 16.6. The maximum Gasteiger partial charge on any atom is 0.351 e. The van der Waals surface area contributed by atoms with Crippen LogP contribution in [-0.2, 0) is 16.1 Å². The van der Waals surface area contributed by atoms with Gasteiger partial charge in [0.05, 0.1) is 0 Å². The summed E-state index contributed by atoms with van der Waals surface area (Å²) in [7, 11) is 0. The average molecular weight is 276 g/mol. The molecule has 0 saturated heterocycles. The number of aryl methyl sites for hydroxylation is 1. The Morgan fingerprint density at radius 2 is 2.20 bits per heavy atom. The molecule has 2 aromatic rings. The predicted octanol–water partition coefficient (Wildman–Crippen LogP) is 1.26. The topological polar surface area (TPSA) is 83.7 Å². The molecule has 1 atom stereocenters. The van der Waals surface area contributed by atoms with E-state index >= 15 is 0 Å². The SMILES string of the molecule is Cc1noc(COC(=O)[C@@H]2COc3ccccc3O2)n1. The lowest BCUT2D eigenvalue weighted by molar-refractivity contribution is -0.156. The van der Waals surface area contributed by atoms with Gasteiger partial charge < -0.3 is 18.7 Å². The van der Waals surface area contributed by atoms with Crippen LogP contribution in [0.3, 0.4) is 0 Å². The van der Waals surface area contributed by atoms with Crippen molar-refractivity contribution in [2.24, 2.45) is 0 Å². The zero-order valence-corrected chi connectivity index (χ0v) is 10.7. The molecule has 7 heteroatoms. The minimum atomic E-state index is -0.797. The molecular weight excluding hydrogens is 264 g/mol. The van der Waals surface area contributed by atoms with Gasteiger partial charge in [0.15, 0.2) is 23.9 Å². The van der Waals surface area contributed by atoms with E-state index in [1.807, 2.05) is 6.07 Å². The molecule has 104 valence electrons. The molecule has 1 aliphatic heterocycles. The molecule has 1 aromatic carbocycles. The Bertz CT molecular complexity index is 625. The Labute approximate surface area is 114 Å². The van der Waals surface area contributed by atoms with Gasteiger partial charge in [0.2, 0.25) is 6.10 Å². The Hall–Kier alpha value is -2.57. The quantitative estimate of drug-likeness (QED) is 0.780. The second kappa shape index (κ2) is 5.20. The molecule has 1 aromatic heterocycles. The molecule has 20 heavy (non-hydrogen) atoms. The van der Waals surface area contributed by atoms with Gasteiger partial charge in [-0.3, -0.25) is 0 Å². The first-order chi connectivity index (χ1) is 9.72. The van der Waals surface area contributed by atoms with E-state index in [0.29, 0.717) is 17.3 Å². The van der Waals surface area contributed by atoms with Crippen molar-refractivity contribution in [2.75, 3.05) is 6.61 Å². The maximum absolute atomic E-state index is 11.9. The summed E-state index contributed by atoms with van der Waals surface area (Å²) in [5.74, 6) is 1.34. The summed E-state index contributed by atoms with van der Waals surface area (Å²) in [6.45, 7) is 1.71. The van der Waals surface area contributed by atoms with Crippen LogP contribution in [0.25, 0.3) is 0 Å². The van der Waals surface area contributed by atoms with Crippen molar-refractivity contribution in [2.45, 2.75) is 19.6 Å². The number of esters is 1. The van der Waals surface area contributed by atoms with Crippen LogP contribution in [0.15, 0.2) is 28.8 Å². The van der Waals surface area contributed by atoms with Gasteiger partial charge in [0.25, 0.3) is 5.89 Å². The first kappa shape index (κ1) is 12.5. The first-order valence-corrected chi connectivity index (χ1v) is 6.06. The summed E-state index contributed by atoms with van der Waals surface area (Å²) in [5, 5.41) is 3.60. The Balaban J connectivity index is 1.59. The number of benzene rings is 1. The summed E-state index contributed by atoms with van der Waals surface area (Å²) >= 11 is 0. The number of carbonyl (C=O) groups is 1. The average Bonchev–Trinajstić information content (AvgIpc) is 2.90. The van der Waals surface area contributed by atoms with Crippen LogP contribution in [0, 0.1) is 6.92 Å². The van der Waals surface area contributed by atoms with E-state index in [1.165, 1.54) is 0 Å². The molecule has 7 nitrogen and oxygen atoms in total. The van der Waals surface area contributed by atoms with Crippen LogP contribution in [-0.4, -0.2) is 28.8 Å².